The number of carbonyl (C=O) groups is 1. The van der Waals surface area contributed by atoms with Gasteiger partial charge in [-0.25, -0.2) is 0 Å². The molecule has 86 valence electrons. The zero-order chi connectivity index (χ0) is 10.9. The minimum atomic E-state index is -0.632. The molecule has 0 saturated carbocycles. The summed E-state index contributed by atoms with van der Waals surface area (Å²) in [5, 5.41) is 0. The highest BCUT2D eigenvalue weighted by Crippen LogP contribution is 2.32. The van der Waals surface area contributed by atoms with E-state index >= 15 is 0 Å². The molecule has 0 bridgehead atoms. The average Bonchev–Trinajstić information content (AvgIpc) is 1.99. The predicted molar refractivity (Wildman–Crippen MR) is 60.5 cm³/mol. The van der Waals surface area contributed by atoms with Crippen LogP contribution in [-0.4, -0.2) is 19.1 Å². The highest BCUT2D eigenvalue weighted by atomic mass is 35.5. The fourth-order valence-corrected chi connectivity index (χ4v) is 1.47. The van der Waals surface area contributed by atoms with E-state index in [1.165, 1.54) is 7.11 Å². The Morgan fingerprint density at radius 1 is 1.21 bits per heavy atom. The lowest BCUT2D eigenvalue weighted by atomic mass is 9.71. The summed E-state index contributed by atoms with van der Waals surface area (Å²) in [4.78, 5) is 11.4. The number of hydrogen-bond donors (Lipinski definition) is 1. The topological polar surface area (TPSA) is 52.3 Å². The Labute approximate surface area is 92.8 Å². The molecule has 0 amide bonds. The molecule has 3 nitrogen and oxygen atoms in total. The normalized spacial score (nSPS) is 14.2. The number of carbonyl (C=O) groups excluding carboxylic acids is 1. The van der Waals surface area contributed by atoms with Gasteiger partial charge in [0.05, 0.1) is 12.5 Å². The van der Waals surface area contributed by atoms with Crippen molar-refractivity contribution in [2.45, 2.75) is 40.7 Å². The molecule has 0 aliphatic carbocycles. The van der Waals surface area contributed by atoms with Gasteiger partial charge in [0.1, 0.15) is 0 Å². The molecule has 14 heavy (non-hydrogen) atoms. The van der Waals surface area contributed by atoms with Gasteiger partial charge in [-0.15, -0.1) is 12.4 Å². The lowest BCUT2D eigenvalue weighted by molar-refractivity contribution is -0.153. The van der Waals surface area contributed by atoms with Crippen molar-refractivity contribution in [3.63, 3.8) is 0 Å². The van der Waals surface area contributed by atoms with Gasteiger partial charge in [0.25, 0.3) is 0 Å². The van der Waals surface area contributed by atoms with Crippen LogP contribution < -0.4 is 5.73 Å². The smallest absolute Gasteiger partial charge is 0.312 e. The molecule has 2 N–H and O–H groups in total. The molecule has 0 aromatic rings. The van der Waals surface area contributed by atoms with Gasteiger partial charge in [0.2, 0.25) is 0 Å². The van der Waals surface area contributed by atoms with Crippen LogP contribution in [0.3, 0.4) is 0 Å². The van der Waals surface area contributed by atoms with E-state index in [4.69, 9.17) is 10.5 Å². The van der Waals surface area contributed by atoms with E-state index in [9.17, 15) is 4.79 Å². The van der Waals surface area contributed by atoms with Crippen LogP contribution in [0.15, 0.2) is 0 Å². The van der Waals surface area contributed by atoms with E-state index in [1.54, 1.807) is 0 Å². The number of methoxy groups -OCH3 is 1. The van der Waals surface area contributed by atoms with Gasteiger partial charge in [0.15, 0.2) is 0 Å². The van der Waals surface area contributed by atoms with Crippen molar-refractivity contribution in [2.75, 3.05) is 7.11 Å². The van der Waals surface area contributed by atoms with Crippen molar-refractivity contribution in [3.8, 4) is 0 Å². The Hall–Kier alpha value is -0.280. The Morgan fingerprint density at radius 3 is 1.79 bits per heavy atom. The van der Waals surface area contributed by atoms with Crippen LogP contribution in [0.4, 0.5) is 0 Å². The fraction of sp³-hybridized carbons (Fsp3) is 0.900. The molecular weight excluding hydrogens is 202 g/mol. The summed E-state index contributed by atoms with van der Waals surface area (Å²) >= 11 is 0. The Kier molecular flexibility index (Phi) is 5.76. The first-order valence-corrected chi connectivity index (χ1v) is 4.48. The van der Waals surface area contributed by atoms with Crippen molar-refractivity contribution in [2.24, 2.45) is 16.6 Å². The van der Waals surface area contributed by atoms with Crippen molar-refractivity contribution in [1.82, 2.24) is 0 Å². The molecule has 0 spiro atoms. The molecule has 0 aromatic heterocycles. The van der Waals surface area contributed by atoms with E-state index in [1.807, 2.05) is 34.6 Å². The summed E-state index contributed by atoms with van der Waals surface area (Å²) < 4.78 is 4.71. The van der Waals surface area contributed by atoms with Crippen LogP contribution in [0, 0.1) is 10.8 Å². The highest BCUT2D eigenvalue weighted by Gasteiger charge is 2.41. The lowest BCUT2D eigenvalue weighted by Gasteiger charge is -2.37. The largest absolute Gasteiger partial charge is 0.469 e. The zero-order valence-corrected chi connectivity index (χ0v) is 10.7. The Morgan fingerprint density at radius 2 is 1.57 bits per heavy atom. The first-order valence-electron chi connectivity index (χ1n) is 4.48. The van der Waals surface area contributed by atoms with Gasteiger partial charge < -0.3 is 10.5 Å². The van der Waals surface area contributed by atoms with Gasteiger partial charge in [0, 0.05) is 6.04 Å². The molecule has 0 saturated heterocycles. The van der Waals surface area contributed by atoms with Crippen LogP contribution in [0.5, 0.6) is 0 Å². The number of halogens is 1. The van der Waals surface area contributed by atoms with Crippen LogP contribution in [0.2, 0.25) is 0 Å². The van der Waals surface area contributed by atoms with Crippen molar-refractivity contribution in [1.29, 1.82) is 0 Å². The maximum atomic E-state index is 11.4. The fourth-order valence-electron chi connectivity index (χ4n) is 1.47. The Balaban J connectivity index is 0. The lowest BCUT2D eigenvalue weighted by Crippen LogP contribution is -2.51. The number of rotatable bonds is 2. The van der Waals surface area contributed by atoms with Crippen LogP contribution in [0.1, 0.15) is 34.6 Å². The second-order valence-electron chi connectivity index (χ2n) is 5.06. The van der Waals surface area contributed by atoms with Gasteiger partial charge in [-0.2, -0.15) is 0 Å². The second kappa shape index (κ2) is 4.99. The summed E-state index contributed by atoms with van der Waals surface area (Å²) in [5.74, 6) is -0.255. The molecule has 4 heteroatoms. The number of ether oxygens (including phenoxy) is 1. The number of esters is 1. The average molecular weight is 224 g/mol. The van der Waals surface area contributed by atoms with Gasteiger partial charge >= 0.3 is 5.97 Å². The van der Waals surface area contributed by atoms with E-state index in [-0.39, 0.29) is 29.8 Å². The Bertz CT molecular complexity index is 197. The van der Waals surface area contributed by atoms with Crippen molar-refractivity contribution < 1.29 is 9.53 Å². The minimum Gasteiger partial charge on any atom is -0.469 e. The summed E-state index contributed by atoms with van der Waals surface area (Å²) in [6, 6.07) is -0.215. The van der Waals surface area contributed by atoms with Crippen molar-refractivity contribution >= 4 is 18.4 Å². The zero-order valence-electron chi connectivity index (χ0n) is 9.88. The maximum absolute atomic E-state index is 11.4. The molecule has 0 aliphatic rings. The van der Waals surface area contributed by atoms with Crippen LogP contribution in [-0.2, 0) is 9.53 Å². The monoisotopic (exact) mass is 223 g/mol. The second-order valence-corrected chi connectivity index (χ2v) is 5.06. The van der Waals surface area contributed by atoms with Gasteiger partial charge in [-0.1, -0.05) is 20.8 Å². The third kappa shape index (κ3) is 3.46. The summed E-state index contributed by atoms with van der Waals surface area (Å²) in [6.07, 6.45) is 0. The highest BCUT2D eigenvalue weighted by molar-refractivity contribution is 5.85. The number of nitrogens with two attached hydrogens (primary N) is 1. The standard InChI is InChI=1S/C10H21NO2.ClH/c1-9(2,3)7(11)10(4,5)8(12)13-6;/h7H,11H2,1-6H3;1H/t7-;/m0./s1. The summed E-state index contributed by atoms with van der Waals surface area (Å²) in [7, 11) is 1.39. The quantitative estimate of drug-likeness (QED) is 0.729. The molecule has 1 atom stereocenters. The van der Waals surface area contributed by atoms with E-state index in [0.717, 1.165) is 0 Å². The molecular formula is C10H22ClNO2. The van der Waals surface area contributed by atoms with E-state index < -0.39 is 5.41 Å². The van der Waals surface area contributed by atoms with Crippen LogP contribution in [0.25, 0.3) is 0 Å². The third-order valence-electron chi connectivity index (χ3n) is 2.42. The third-order valence-corrected chi connectivity index (χ3v) is 2.42. The summed E-state index contributed by atoms with van der Waals surface area (Å²) in [6.45, 7) is 9.68. The summed E-state index contributed by atoms with van der Waals surface area (Å²) in [5.41, 5.74) is 5.27. The minimum absolute atomic E-state index is 0. The first-order chi connectivity index (χ1) is 5.64. The van der Waals surface area contributed by atoms with Gasteiger partial charge in [-0.3, -0.25) is 4.79 Å². The molecule has 0 radical (unpaired) electrons. The molecule has 0 fully saturated rings. The van der Waals surface area contributed by atoms with E-state index in [0.29, 0.717) is 0 Å². The maximum Gasteiger partial charge on any atom is 0.312 e. The molecule has 0 aliphatic heterocycles. The first kappa shape index (κ1) is 16.2. The molecule has 0 aromatic carbocycles. The molecule has 0 unspecified atom stereocenters. The van der Waals surface area contributed by atoms with Crippen LogP contribution >= 0.6 is 12.4 Å². The molecule has 0 heterocycles. The molecule has 0 rings (SSSR count). The predicted octanol–water partition coefficient (Wildman–Crippen LogP) is 1.98. The van der Waals surface area contributed by atoms with Crippen molar-refractivity contribution in [3.05, 3.63) is 0 Å². The van der Waals surface area contributed by atoms with Gasteiger partial charge in [-0.05, 0) is 19.3 Å². The van der Waals surface area contributed by atoms with E-state index in [2.05, 4.69) is 0 Å². The SMILES string of the molecule is COC(=O)C(C)(C)[C@@H](N)C(C)(C)C.Cl. The number of hydrogen-bond acceptors (Lipinski definition) is 3.